The molecule has 0 aliphatic rings. The van der Waals surface area contributed by atoms with E-state index in [1.165, 1.54) is 263 Å². The number of hydrogen-bond donors (Lipinski definition) is 2. The first-order chi connectivity index (χ1) is 42.4. The maximum Gasteiger partial charge on any atom is 0.472 e. The number of nitrogens with zero attached hydrogens (tertiary/aromatic N) is 1. The van der Waals surface area contributed by atoms with Crippen LogP contribution < -0.4 is 5.32 Å². The third-order valence-electron chi connectivity index (χ3n) is 16.9. The Balaban J connectivity index is 5.01. The Morgan fingerprint density at radius 2 is 0.701 bits per heavy atom. The highest BCUT2D eigenvalue weighted by Gasteiger charge is 2.30. The number of quaternary nitrogens is 1. The Bertz CT molecular complexity index is 1670. The molecule has 0 fully saturated rings. The number of phosphoric acid groups is 1. The van der Waals surface area contributed by atoms with Crippen LogP contribution in [0.5, 0.6) is 0 Å². The van der Waals surface area contributed by atoms with Crippen molar-refractivity contribution < 1.29 is 37.3 Å². The average Bonchev–Trinajstić information content (AvgIpc) is 3.69. The van der Waals surface area contributed by atoms with Gasteiger partial charge in [0.15, 0.2) is 0 Å². The Hall–Kier alpha value is -2.29. The summed E-state index contributed by atoms with van der Waals surface area (Å²) in [5.74, 6) is -0.490. The molecule has 0 aliphatic carbocycles. The van der Waals surface area contributed by atoms with E-state index in [9.17, 15) is 19.0 Å². The minimum absolute atomic E-state index is 0.0408. The van der Waals surface area contributed by atoms with Gasteiger partial charge in [-0.25, -0.2) is 4.57 Å². The van der Waals surface area contributed by atoms with E-state index in [4.69, 9.17) is 13.8 Å². The van der Waals surface area contributed by atoms with Crippen molar-refractivity contribution >= 4 is 19.7 Å². The van der Waals surface area contributed by atoms with Gasteiger partial charge in [-0.3, -0.25) is 18.6 Å². The molecule has 9 nitrogen and oxygen atoms in total. The molecular formula is C77H146N2O7P+. The first-order valence-electron chi connectivity index (χ1n) is 37.6. The summed E-state index contributed by atoms with van der Waals surface area (Å²) >= 11 is 0. The van der Waals surface area contributed by atoms with Gasteiger partial charge in [0.1, 0.15) is 19.3 Å². The van der Waals surface area contributed by atoms with E-state index in [0.29, 0.717) is 23.9 Å². The van der Waals surface area contributed by atoms with Crippen LogP contribution in [0.3, 0.4) is 0 Å². The molecule has 0 radical (unpaired) electrons. The van der Waals surface area contributed by atoms with Gasteiger partial charge in [-0.1, -0.05) is 319 Å². The number of phosphoric ester groups is 1. The number of likely N-dealkylation sites (N-methyl/N-ethyl adjacent to an activating group) is 1. The minimum atomic E-state index is -4.46. The molecular weight excluding hydrogens is 1100 g/mol. The lowest BCUT2D eigenvalue weighted by Crippen LogP contribution is -2.47. The van der Waals surface area contributed by atoms with E-state index in [-0.39, 0.29) is 25.1 Å². The zero-order valence-corrected chi connectivity index (χ0v) is 59.4. The second kappa shape index (κ2) is 66.6. The van der Waals surface area contributed by atoms with Crippen molar-refractivity contribution in [2.75, 3.05) is 40.9 Å². The SMILES string of the molecule is CCCCC/C=C\C/C=C\C/C=C\CCCCCCCCCCCCCCCCC(=O)NC(COP(=O)(O)OCC[N+](C)(C)C)C(/C=C\CCCCCCCCCCCCC)OC(=O)CCCCCCCCCCCCC/C=C/CCCCCCCC. The van der Waals surface area contributed by atoms with Crippen LogP contribution in [-0.2, 0) is 27.9 Å². The number of ether oxygens (including phenoxy) is 1. The fraction of sp³-hybridized carbons (Fsp3) is 0.844. The number of carbonyl (C=O) groups is 2. The Morgan fingerprint density at radius 3 is 1.08 bits per heavy atom. The van der Waals surface area contributed by atoms with Gasteiger partial charge < -0.3 is 19.4 Å². The molecule has 0 aromatic rings. The van der Waals surface area contributed by atoms with Gasteiger partial charge in [0, 0.05) is 12.8 Å². The number of carbonyl (C=O) groups excluding carboxylic acids is 2. The molecule has 0 saturated heterocycles. The first-order valence-corrected chi connectivity index (χ1v) is 39.1. The number of allylic oxidation sites excluding steroid dienone is 9. The zero-order valence-electron chi connectivity index (χ0n) is 58.5. The van der Waals surface area contributed by atoms with Crippen molar-refractivity contribution in [3.8, 4) is 0 Å². The number of esters is 1. The molecule has 0 aromatic heterocycles. The fourth-order valence-electron chi connectivity index (χ4n) is 11.1. The van der Waals surface area contributed by atoms with E-state index < -0.39 is 20.0 Å². The van der Waals surface area contributed by atoms with E-state index in [1.807, 2.05) is 27.2 Å². The van der Waals surface area contributed by atoms with E-state index in [0.717, 1.165) is 70.6 Å². The zero-order chi connectivity index (χ0) is 63.5. The van der Waals surface area contributed by atoms with Crippen LogP contribution in [0.4, 0.5) is 0 Å². The summed E-state index contributed by atoms with van der Waals surface area (Å²) in [7, 11) is 1.51. The summed E-state index contributed by atoms with van der Waals surface area (Å²) in [6.45, 7) is 7.04. The number of amides is 1. The molecule has 3 unspecified atom stereocenters. The van der Waals surface area contributed by atoms with Crippen molar-refractivity contribution in [3.63, 3.8) is 0 Å². The van der Waals surface area contributed by atoms with Crippen LogP contribution in [-0.4, -0.2) is 74.3 Å². The molecule has 0 heterocycles. The molecule has 1 amide bonds. The van der Waals surface area contributed by atoms with Gasteiger partial charge in [0.05, 0.1) is 33.8 Å². The normalized spacial score (nSPS) is 13.8. The molecule has 87 heavy (non-hydrogen) atoms. The Labute approximate surface area is 541 Å². The summed E-state index contributed by atoms with van der Waals surface area (Å²) in [6, 6.07) is -0.850. The van der Waals surface area contributed by atoms with Gasteiger partial charge in [-0.2, -0.15) is 0 Å². The highest BCUT2D eigenvalue weighted by atomic mass is 31.2. The van der Waals surface area contributed by atoms with E-state index >= 15 is 0 Å². The number of hydrogen-bond acceptors (Lipinski definition) is 6. The lowest BCUT2D eigenvalue weighted by Gasteiger charge is -2.27. The third-order valence-corrected chi connectivity index (χ3v) is 17.9. The predicted octanol–water partition coefficient (Wildman–Crippen LogP) is 24.1. The van der Waals surface area contributed by atoms with Crippen molar-refractivity contribution in [1.29, 1.82) is 0 Å². The predicted molar refractivity (Wildman–Crippen MR) is 378 cm³/mol. The Morgan fingerprint density at radius 1 is 0.402 bits per heavy atom. The molecule has 3 atom stereocenters. The molecule has 10 heteroatoms. The van der Waals surface area contributed by atoms with Gasteiger partial charge in [-0.15, -0.1) is 0 Å². The van der Waals surface area contributed by atoms with Crippen molar-refractivity contribution in [2.24, 2.45) is 0 Å². The lowest BCUT2D eigenvalue weighted by atomic mass is 10.0. The highest BCUT2D eigenvalue weighted by molar-refractivity contribution is 7.47. The van der Waals surface area contributed by atoms with Crippen LogP contribution >= 0.6 is 7.82 Å². The van der Waals surface area contributed by atoms with Crippen LogP contribution in [0.2, 0.25) is 0 Å². The number of nitrogens with one attached hydrogen (secondary N) is 1. The standard InChI is InChI=1S/C77H145N2O7P/c1-7-10-13-16-19-22-25-28-30-32-34-36-37-38-39-40-41-43-44-46-48-51-54-57-60-63-66-69-76(80)78-74(73-85-87(82,83)84-72-71-79(4,5)6)75(68-65-62-59-56-53-50-27-24-21-18-15-12-9-3)86-77(81)70-67-64-61-58-55-52-49-47-45-42-35-33-31-29-26-23-20-17-14-11-8-2/h19,22,28-31,34,36,65,68,74-75H,7-18,20-21,23-27,32-33,35,37-64,66-67,69-73H2,1-6H3,(H-,78,80,82,83)/p+1/b22-19-,30-28-,31-29+,36-34-,68-65-. The van der Waals surface area contributed by atoms with E-state index in [2.05, 4.69) is 80.8 Å². The summed E-state index contributed by atoms with van der Waals surface area (Å²) < 4.78 is 30.9. The first kappa shape index (κ1) is 84.7. The summed E-state index contributed by atoms with van der Waals surface area (Å²) in [6.07, 6.45) is 86.6. The van der Waals surface area contributed by atoms with Crippen molar-refractivity contribution in [1.82, 2.24) is 5.32 Å². The lowest BCUT2D eigenvalue weighted by molar-refractivity contribution is -0.870. The monoisotopic (exact) mass is 1240 g/mol. The number of unbranched alkanes of at least 4 members (excludes halogenated alkanes) is 45. The van der Waals surface area contributed by atoms with Gasteiger partial charge in [-0.05, 0) is 96.0 Å². The van der Waals surface area contributed by atoms with Crippen molar-refractivity contribution in [3.05, 3.63) is 60.8 Å². The molecule has 0 rings (SSSR count). The molecule has 0 aliphatic heterocycles. The van der Waals surface area contributed by atoms with Crippen LogP contribution in [0.15, 0.2) is 60.8 Å². The molecule has 2 N–H and O–H groups in total. The maximum atomic E-state index is 13.7. The quantitative estimate of drug-likeness (QED) is 0.0205. The van der Waals surface area contributed by atoms with Crippen molar-refractivity contribution in [2.45, 2.75) is 380 Å². The third kappa shape index (κ3) is 67.9. The average molecular weight is 1240 g/mol. The van der Waals surface area contributed by atoms with Gasteiger partial charge in [0.2, 0.25) is 5.91 Å². The minimum Gasteiger partial charge on any atom is -0.456 e. The Kier molecular flexibility index (Phi) is 64.9. The molecule has 0 bridgehead atoms. The molecule has 510 valence electrons. The molecule has 0 spiro atoms. The van der Waals surface area contributed by atoms with E-state index in [1.54, 1.807) is 0 Å². The maximum absolute atomic E-state index is 13.7. The van der Waals surface area contributed by atoms with Crippen LogP contribution in [0.25, 0.3) is 0 Å². The van der Waals surface area contributed by atoms with Gasteiger partial charge in [0.25, 0.3) is 0 Å². The van der Waals surface area contributed by atoms with Crippen LogP contribution in [0, 0.1) is 0 Å². The van der Waals surface area contributed by atoms with Crippen LogP contribution in [0.1, 0.15) is 367 Å². The van der Waals surface area contributed by atoms with Gasteiger partial charge >= 0.3 is 13.8 Å². The fourth-order valence-corrected chi connectivity index (χ4v) is 11.9. The second-order valence-corrected chi connectivity index (χ2v) is 28.3. The highest BCUT2D eigenvalue weighted by Crippen LogP contribution is 2.43. The second-order valence-electron chi connectivity index (χ2n) is 26.8. The largest absolute Gasteiger partial charge is 0.472 e. The molecule has 0 aromatic carbocycles. The molecule has 0 saturated carbocycles. The summed E-state index contributed by atoms with van der Waals surface area (Å²) in [5.41, 5.74) is 0. The smallest absolute Gasteiger partial charge is 0.456 e. The summed E-state index contributed by atoms with van der Waals surface area (Å²) in [4.78, 5) is 38.0. The summed E-state index contributed by atoms with van der Waals surface area (Å²) in [5, 5.41) is 3.08. The number of rotatable bonds is 69. The topological polar surface area (TPSA) is 111 Å².